The lowest BCUT2D eigenvalue weighted by atomic mass is 10.1. The van der Waals surface area contributed by atoms with Gasteiger partial charge in [0.1, 0.15) is 6.10 Å². The highest BCUT2D eigenvalue weighted by Gasteiger charge is 2.27. The third-order valence-electron chi connectivity index (χ3n) is 3.36. The second kappa shape index (κ2) is 5.50. The monoisotopic (exact) mass is 228 g/mol. The molecule has 2 aliphatic rings. The lowest BCUT2D eigenvalue weighted by Gasteiger charge is -2.30. The Balaban J connectivity index is 1.78. The van der Waals surface area contributed by atoms with E-state index in [9.17, 15) is 4.79 Å². The fourth-order valence-electron chi connectivity index (χ4n) is 2.32. The first kappa shape index (κ1) is 11.7. The molecule has 2 fully saturated rings. The fraction of sp³-hybridized carbons (Fsp3) is 0.909. The summed E-state index contributed by atoms with van der Waals surface area (Å²) in [4.78, 5) is 11.7. The highest BCUT2D eigenvalue weighted by atomic mass is 16.6. The summed E-state index contributed by atoms with van der Waals surface area (Å²) in [5, 5.41) is 1.25. The predicted octanol–water partition coefficient (Wildman–Crippen LogP) is 1.42. The van der Waals surface area contributed by atoms with Crippen molar-refractivity contribution in [2.24, 2.45) is 5.84 Å². The van der Waals surface area contributed by atoms with Crippen LogP contribution in [0.2, 0.25) is 0 Å². The van der Waals surface area contributed by atoms with Crippen molar-refractivity contribution in [3.8, 4) is 0 Å². The van der Waals surface area contributed by atoms with Gasteiger partial charge in [-0.1, -0.05) is 0 Å². The van der Waals surface area contributed by atoms with Gasteiger partial charge in [-0.15, -0.1) is 0 Å². The van der Waals surface area contributed by atoms with Crippen LogP contribution in [0.25, 0.3) is 0 Å². The third-order valence-corrected chi connectivity index (χ3v) is 3.36. The van der Waals surface area contributed by atoms with Gasteiger partial charge in [-0.2, -0.15) is 0 Å². The zero-order valence-corrected chi connectivity index (χ0v) is 9.56. The number of ether oxygens (including phenoxy) is 2. The van der Waals surface area contributed by atoms with Gasteiger partial charge in [-0.25, -0.2) is 15.6 Å². The van der Waals surface area contributed by atoms with Crippen molar-refractivity contribution in [2.75, 3.05) is 13.2 Å². The van der Waals surface area contributed by atoms with Crippen LogP contribution in [0.4, 0.5) is 4.79 Å². The van der Waals surface area contributed by atoms with E-state index in [-0.39, 0.29) is 18.2 Å². The maximum atomic E-state index is 11.7. The van der Waals surface area contributed by atoms with Crippen molar-refractivity contribution in [2.45, 2.75) is 50.7 Å². The van der Waals surface area contributed by atoms with Gasteiger partial charge >= 0.3 is 6.09 Å². The first-order valence-electron chi connectivity index (χ1n) is 6.09. The Morgan fingerprint density at radius 2 is 1.81 bits per heavy atom. The maximum absolute atomic E-state index is 11.7. The van der Waals surface area contributed by atoms with Crippen molar-refractivity contribution in [3.63, 3.8) is 0 Å². The van der Waals surface area contributed by atoms with Crippen LogP contribution < -0.4 is 5.84 Å². The number of hydrogen-bond acceptors (Lipinski definition) is 4. The molecule has 1 saturated carbocycles. The molecule has 2 rings (SSSR count). The van der Waals surface area contributed by atoms with Gasteiger partial charge in [0.15, 0.2) is 0 Å². The molecule has 1 aliphatic heterocycles. The predicted molar refractivity (Wildman–Crippen MR) is 58.6 cm³/mol. The molecular weight excluding hydrogens is 208 g/mol. The summed E-state index contributed by atoms with van der Waals surface area (Å²) in [5.41, 5.74) is 0. The molecular formula is C11H20N2O3. The number of hydrazine groups is 1. The molecule has 5 heteroatoms. The second-order valence-electron chi connectivity index (χ2n) is 4.54. The van der Waals surface area contributed by atoms with Gasteiger partial charge < -0.3 is 9.47 Å². The van der Waals surface area contributed by atoms with Gasteiger partial charge in [0.2, 0.25) is 0 Å². The molecule has 2 N–H and O–H groups in total. The summed E-state index contributed by atoms with van der Waals surface area (Å²) >= 11 is 0. The van der Waals surface area contributed by atoms with Crippen LogP contribution >= 0.6 is 0 Å². The normalized spacial score (nSPS) is 23.3. The molecule has 1 amide bonds. The largest absolute Gasteiger partial charge is 0.445 e. The molecule has 5 nitrogen and oxygen atoms in total. The Labute approximate surface area is 95.8 Å². The van der Waals surface area contributed by atoms with Crippen LogP contribution in [0, 0.1) is 0 Å². The van der Waals surface area contributed by atoms with Crippen molar-refractivity contribution in [1.82, 2.24) is 5.01 Å². The Kier molecular flexibility index (Phi) is 4.01. The maximum Gasteiger partial charge on any atom is 0.424 e. The first-order chi connectivity index (χ1) is 7.77. The van der Waals surface area contributed by atoms with Gasteiger partial charge in [-0.05, 0) is 38.5 Å². The molecule has 0 aromatic heterocycles. The van der Waals surface area contributed by atoms with E-state index in [1.54, 1.807) is 0 Å². The number of nitrogens with zero attached hydrogens (tertiary/aromatic N) is 1. The number of carbonyl (C=O) groups is 1. The third kappa shape index (κ3) is 2.86. The minimum atomic E-state index is -0.376. The lowest BCUT2D eigenvalue weighted by molar-refractivity contribution is 0.0138. The Bertz CT molecular complexity index is 235. The van der Waals surface area contributed by atoms with E-state index >= 15 is 0 Å². The first-order valence-corrected chi connectivity index (χ1v) is 6.09. The van der Waals surface area contributed by atoms with Crippen molar-refractivity contribution in [3.05, 3.63) is 0 Å². The molecule has 0 aromatic rings. The van der Waals surface area contributed by atoms with E-state index in [0.717, 1.165) is 38.5 Å². The number of amides is 1. The molecule has 0 unspecified atom stereocenters. The van der Waals surface area contributed by atoms with E-state index in [1.807, 2.05) is 0 Å². The topological polar surface area (TPSA) is 64.8 Å². The molecule has 92 valence electrons. The minimum absolute atomic E-state index is 0.0719. The summed E-state index contributed by atoms with van der Waals surface area (Å²) in [6.07, 6.45) is 5.57. The van der Waals surface area contributed by atoms with Crippen LogP contribution in [0.1, 0.15) is 38.5 Å². The summed E-state index contributed by atoms with van der Waals surface area (Å²) in [6.45, 7) is 1.35. The standard InChI is InChI=1S/C11H20N2O3/c12-13(9-5-7-15-8-6-9)11(14)16-10-3-1-2-4-10/h9-10H,1-8,12H2. The zero-order chi connectivity index (χ0) is 11.4. The van der Waals surface area contributed by atoms with Gasteiger partial charge in [0, 0.05) is 13.2 Å². The highest BCUT2D eigenvalue weighted by molar-refractivity contribution is 5.67. The van der Waals surface area contributed by atoms with E-state index in [1.165, 1.54) is 5.01 Å². The van der Waals surface area contributed by atoms with E-state index in [4.69, 9.17) is 15.3 Å². The number of carbonyl (C=O) groups excluding carboxylic acids is 1. The quantitative estimate of drug-likeness (QED) is 0.441. The van der Waals surface area contributed by atoms with Crippen LogP contribution in [-0.4, -0.2) is 36.5 Å². The summed E-state index contributed by atoms with van der Waals surface area (Å²) in [7, 11) is 0. The smallest absolute Gasteiger partial charge is 0.424 e. The SMILES string of the molecule is NN(C(=O)OC1CCCC1)C1CCOCC1. The molecule has 1 aliphatic carbocycles. The number of rotatable bonds is 2. The summed E-state index contributed by atoms with van der Waals surface area (Å²) in [5.74, 6) is 5.77. The Hall–Kier alpha value is -0.810. The molecule has 0 bridgehead atoms. The Morgan fingerprint density at radius 1 is 1.19 bits per heavy atom. The van der Waals surface area contributed by atoms with E-state index in [2.05, 4.69) is 0 Å². The average molecular weight is 228 g/mol. The van der Waals surface area contributed by atoms with Crippen LogP contribution in [-0.2, 0) is 9.47 Å². The number of nitrogens with two attached hydrogens (primary N) is 1. The molecule has 16 heavy (non-hydrogen) atoms. The molecule has 0 radical (unpaired) electrons. The highest BCUT2D eigenvalue weighted by Crippen LogP contribution is 2.22. The van der Waals surface area contributed by atoms with E-state index in [0.29, 0.717) is 13.2 Å². The molecule has 0 atom stereocenters. The van der Waals surface area contributed by atoms with Crippen LogP contribution in [0.5, 0.6) is 0 Å². The minimum Gasteiger partial charge on any atom is -0.445 e. The Morgan fingerprint density at radius 3 is 2.44 bits per heavy atom. The van der Waals surface area contributed by atoms with Crippen molar-refractivity contribution >= 4 is 6.09 Å². The second-order valence-corrected chi connectivity index (χ2v) is 4.54. The summed E-state index contributed by atoms with van der Waals surface area (Å²) in [6, 6.07) is 0.0719. The molecule has 1 saturated heterocycles. The van der Waals surface area contributed by atoms with Gasteiger partial charge in [-0.3, -0.25) is 0 Å². The van der Waals surface area contributed by atoms with Crippen molar-refractivity contribution < 1.29 is 14.3 Å². The molecule has 0 aromatic carbocycles. The van der Waals surface area contributed by atoms with Crippen molar-refractivity contribution in [1.29, 1.82) is 0 Å². The molecule has 0 spiro atoms. The van der Waals surface area contributed by atoms with Crippen LogP contribution in [0.15, 0.2) is 0 Å². The van der Waals surface area contributed by atoms with E-state index < -0.39 is 0 Å². The fourth-order valence-corrected chi connectivity index (χ4v) is 2.32. The average Bonchev–Trinajstić information content (AvgIpc) is 2.82. The number of hydrogen-bond donors (Lipinski definition) is 1. The summed E-state index contributed by atoms with van der Waals surface area (Å²) < 4.78 is 10.6. The lowest BCUT2D eigenvalue weighted by Crippen LogP contribution is -2.48. The van der Waals surface area contributed by atoms with Gasteiger partial charge in [0.25, 0.3) is 0 Å². The van der Waals surface area contributed by atoms with Gasteiger partial charge in [0.05, 0.1) is 6.04 Å². The zero-order valence-electron chi connectivity index (χ0n) is 9.56. The van der Waals surface area contributed by atoms with Crippen LogP contribution in [0.3, 0.4) is 0 Å². The molecule has 1 heterocycles.